The number of aromatic nitrogens is 3. The van der Waals surface area contributed by atoms with Gasteiger partial charge in [0.25, 0.3) is 0 Å². The second-order valence-electron chi connectivity index (χ2n) is 4.94. The van der Waals surface area contributed by atoms with E-state index in [9.17, 15) is 0 Å². The zero-order chi connectivity index (χ0) is 13.9. The third-order valence-corrected chi connectivity index (χ3v) is 2.99. The summed E-state index contributed by atoms with van der Waals surface area (Å²) in [5.41, 5.74) is 3.58. The van der Waals surface area contributed by atoms with Crippen LogP contribution < -0.4 is 5.32 Å². The van der Waals surface area contributed by atoms with Crippen LogP contribution in [-0.2, 0) is 6.54 Å². The summed E-state index contributed by atoms with van der Waals surface area (Å²) in [6, 6.07) is 5.91. The van der Waals surface area contributed by atoms with Crippen LogP contribution in [0.2, 0.25) is 0 Å². The van der Waals surface area contributed by atoms with Crippen molar-refractivity contribution >= 4 is 16.8 Å². The lowest BCUT2D eigenvalue weighted by Crippen LogP contribution is -2.01. The van der Waals surface area contributed by atoms with Crippen molar-refractivity contribution in [2.45, 2.75) is 26.3 Å². The minimum absolute atomic E-state index is 0.290. The number of rotatable bonds is 4. The highest BCUT2D eigenvalue weighted by Gasteiger charge is 2.09. The molecule has 0 bridgehead atoms. The van der Waals surface area contributed by atoms with Crippen molar-refractivity contribution in [3.63, 3.8) is 0 Å². The van der Waals surface area contributed by atoms with E-state index in [-0.39, 0.29) is 0 Å². The van der Waals surface area contributed by atoms with E-state index in [0.29, 0.717) is 12.5 Å². The summed E-state index contributed by atoms with van der Waals surface area (Å²) < 4.78 is 5.69. The lowest BCUT2D eigenvalue weighted by atomic mass is 10.2. The number of nitrogens with one attached hydrogen (secondary N) is 1. The number of benzene rings is 1. The Hall–Kier alpha value is -2.43. The molecule has 20 heavy (non-hydrogen) atoms. The SMILES string of the molecule is CC(C)c1nc2cc(NCc3cnccn3)ccc2o1. The first-order chi connectivity index (χ1) is 9.72. The van der Waals surface area contributed by atoms with Gasteiger partial charge in [-0.3, -0.25) is 9.97 Å². The molecule has 0 unspecified atom stereocenters. The van der Waals surface area contributed by atoms with Gasteiger partial charge < -0.3 is 9.73 Å². The van der Waals surface area contributed by atoms with Gasteiger partial charge >= 0.3 is 0 Å². The molecule has 0 saturated heterocycles. The van der Waals surface area contributed by atoms with E-state index in [0.717, 1.165) is 28.4 Å². The van der Waals surface area contributed by atoms with E-state index in [1.165, 1.54) is 0 Å². The van der Waals surface area contributed by atoms with Crippen LogP contribution in [0.3, 0.4) is 0 Å². The van der Waals surface area contributed by atoms with E-state index >= 15 is 0 Å². The molecule has 0 spiro atoms. The molecular weight excluding hydrogens is 252 g/mol. The Morgan fingerprint density at radius 1 is 1.25 bits per heavy atom. The Morgan fingerprint density at radius 2 is 2.15 bits per heavy atom. The first-order valence-corrected chi connectivity index (χ1v) is 6.61. The molecule has 1 aromatic carbocycles. The second-order valence-corrected chi connectivity index (χ2v) is 4.94. The third kappa shape index (κ3) is 2.61. The van der Waals surface area contributed by atoms with Crippen LogP contribution in [0.1, 0.15) is 31.4 Å². The fraction of sp³-hybridized carbons (Fsp3) is 0.267. The number of anilines is 1. The lowest BCUT2D eigenvalue weighted by Gasteiger charge is -2.04. The normalized spacial score (nSPS) is 11.2. The molecule has 0 amide bonds. The molecule has 2 aromatic heterocycles. The summed E-state index contributed by atoms with van der Waals surface area (Å²) in [5, 5.41) is 3.31. The minimum Gasteiger partial charge on any atom is -0.440 e. The summed E-state index contributed by atoms with van der Waals surface area (Å²) in [7, 11) is 0. The molecule has 0 saturated carbocycles. The zero-order valence-corrected chi connectivity index (χ0v) is 11.5. The molecule has 0 aliphatic carbocycles. The quantitative estimate of drug-likeness (QED) is 0.786. The molecular formula is C15H16N4O. The number of fused-ring (bicyclic) bond motifs is 1. The van der Waals surface area contributed by atoms with E-state index < -0.39 is 0 Å². The summed E-state index contributed by atoms with van der Waals surface area (Å²) in [6.45, 7) is 4.77. The minimum atomic E-state index is 0.290. The van der Waals surface area contributed by atoms with Crippen molar-refractivity contribution in [2.24, 2.45) is 0 Å². The highest BCUT2D eigenvalue weighted by molar-refractivity contribution is 5.77. The zero-order valence-electron chi connectivity index (χ0n) is 11.5. The molecule has 0 aliphatic rings. The Kier molecular flexibility index (Phi) is 3.33. The standard InChI is InChI=1S/C15H16N4O/c1-10(2)15-19-13-7-11(3-4-14(13)20-15)18-9-12-8-16-5-6-17-12/h3-8,10,18H,9H2,1-2H3. The highest BCUT2D eigenvalue weighted by Crippen LogP contribution is 2.23. The maximum atomic E-state index is 5.69. The summed E-state index contributed by atoms with van der Waals surface area (Å²) >= 11 is 0. The molecule has 5 heteroatoms. The second kappa shape index (κ2) is 5.28. The van der Waals surface area contributed by atoms with Gasteiger partial charge in [-0.15, -0.1) is 0 Å². The Balaban J connectivity index is 1.78. The smallest absolute Gasteiger partial charge is 0.198 e. The van der Waals surface area contributed by atoms with Crippen molar-refractivity contribution in [1.29, 1.82) is 0 Å². The van der Waals surface area contributed by atoms with Crippen molar-refractivity contribution in [3.05, 3.63) is 48.4 Å². The summed E-state index contributed by atoms with van der Waals surface area (Å²) in [5.74, 6) is 1.06. The molecule has 102 valence electrons. The average Bonchev–Trinajstić information content (AvgIpc) is 2.89. The van der Waals surface area contributed by atoms with Gasteiger partial charge in [0.2, 0.25) is 0 Å². The highest BCUT2D eigenvalue weighted by atomic mass is 16.3. The summed E-state index contributed by atoms with van der Waals surface area (Å²) in [4.78, 5) is 12.8. The van der Waals surface area contributed by atoms with Gasteiger partial charge in [0.1, 0.15) is 5.52 Å². The van der Waals surface area contributed by atoms with Crippen LogP contribution in [0.25, 0.3) is 11.1 Å². The largest absolute Gasteiger partial charge is 0.440 e. The van der Waals surface area contributed by atoms with Crippen molar-refractivity contribution in [2.75, 3.05) is 5.32 Å². The van der Waals surface area contributed by atoms with Gasteiger partial charge in [0, 0.05) is 24.0 Å². The van der Waals surface area contributed by atoms with Crippen molar-refractivity contribution in [1.82, 2.24) is 15.0 Å². The van der Waals surface area contributed by atoms with Crippen LogP contribution in [0.15, 0.2) is 41.2 Å². The molecule has 0 aliphatic heterocycles. The lowest BCUT2D eigenvalue weighted by molar-refractivity contribution is 0.501. The number of nitrogens with zero attached hydrogens (tertiary/aromatic N) is 3. The molecule has 0 atom stereocenters. The van der Waals surface area contributed by atoms with Gasteiger partial charge in [0.15, 0.2) is 11.5 Å². The summed E-state index contributed by atoms with van der Waals surface area (Å²) in [6.07, 6.45) is 5.10. The van der Waals surface area contributed by atoms with Gasteiger partial charge in [-0.1, -0.05) is 13.8 Å². The van der Waals surface area contributed by atoms with Crippen LogP contribution in [0.4, 0.5) is 5.69 Å². The fourth-order valence-electron chi connectivity index (χ4n) is 1.92. The Bertz CT molecular complexity index is 706. The molecule has 1 N–H and O–H groups in total. The van der Waals surface area contributed by atoms with Crippen molar-refractivity contribution in [3.8, 4) is 0 Å². The molecule has 2 heterocycles. The van der Waals surface area contributed by atoms with Gasteiger partial charge in [-0.2, -0.15) is 0 Å². The topological polar surface area (TPSA) is 63.8 Å². The van der Waals surface area contributed by atoms with Gasteiger partial charge in [0.05, 0.1) is 18.4 Å². The van der Waals surface area contributed by atoms with Gasteiger partial charge in [-0.05, 0) is 18.2 Å². The number of hydrogen-bond acceptors (Lipinski definition) is 5. The van der Waals surface area contributed by atoms with E-state index in [2.05, 4.69) is 34.1 Å². The predicted octanol–water partition coefficient (Wildman–Crippen LogP) is 3.35. The maximum absolute atomic E-state index is 5.69. The fourth-order valence-corrected chi connectivity index (χ4v) is 1.92. The van der Waals surface area contributed by atoms with Crippen LogP contribution in [0, 0.1) is 0 Å². The first-order valence-electron chi connectivity index (χ1n) is 6.61. The molecule has 0 radical (unpaired) electrons. The van der Waals surface area contributed by atoms with E-state index in [1.807, 2.05) is 18.2 Å². The van der Waals surface area contributed by atoms with Crippen LogP contribution in [0.5, 0.6) is 0 Å². The molecule has 3 rings (SSSR count). The average molecular weight is 268 g/mol. The van der Waals surface area contributed by atoms with Crippen LogP contribution in [-0.4, -0.2) is 15.0 Å². The Labute approximate surface area is 117 Å². The van der Waals surface area contributed by atoms with Crippen LogP contribution >= 0.6 is 0 Å². The van der Waals surface area contributed by atoms with Gasteiger partial charge in [-0.25, -0.2) is 4.98 Å². The number of oxazole rings is 1. The van der Waals surface area contributed by atoms with Crippen molar-refractivity contribution < 1.29 is 4.42 Å². The van der Waals surface area contributed by atoms with E-state index in [1.54, 1.807) is 18.6 Å². The monoisotopic (exact) mass is 268 g/mol. The predicted molar refractivity (Wildman–Crippen MR) is 77.5 cm³/mol. The molecule has 3 aromatic rings. The third-order valence-electron chi connectivity index (χ3n) is 2.99. The van der Waals surface area contributed by atoms with E-state index in [4.69, 9.17) is 4.42 Å². The molecule has 0 fully saturated rings. The first kappa shape index (κ1) is 12.6. The Morgan fingerprint density at radius 3 is 2.90 bits per heavy atom. The molecule has 5 nitrogen and oxygen atoms in total. The number of hydrogen-bond donors (Lipinski definition) is 1. The maximum Gasteiger partial charge on any atom is 0.198 e.